The Labute approximate surface area is 134 Å². The maximum atomic E-state index is 5.68. The van der Waals surface area contributed by atoms with Crippen LogP contribution in [0.3, 0.4) is 0 Å². The highest BCUT2D eigenvalue weighted by atomic mass is 16.6. The maximum absolute atomic E-state index is 5.68. The lowest BCUT2D eigenvalue weighted by molar-refractivity contribution is 0.120. The van der Waals surface area contributed by atoms with E-state index in [4.69, 9.17) is 9.37 Å². The Kier molecular flexibility index (Phi) is 4.23. The van der Waals surface area contributed by atoms with Gasteiger partial charge in [0.25, 0.3) is 0 Å². The average molecular weight is 318 g/mol. The number of anilines is 2. The third kappa shape index (κ3) is 3.21. The molecule has 0 saturated carbocycles. The van der Waals surface area contributed by atoms with E-state index in [-0.39, 0.29) is 6.10 Å². The topological polar surface area (TPSA) is 89.2 Å². The molecule has 8 heteroatoms. The molecule has 0 spiro atoms. The first-order valence-corrected chi connectivity index (χ1v) is 8.51. The molecule has 124 valence electrons. The molecule has 0 aromatic carbocycles. The normalized spacial score (nSPS) is 22.4. The Morgan fingerprint density at radius 3 is 2.52 bits per heavy atom. The Morgan fingerprint density at radius 1 is 1.00 bits per heavy atom. The van der Waals surface area contributed by atoms with Crippen molar-refractivity contribution in [2.45, 2.75) is 44.6 Å². The van der Waals surface area contributed by atoms with Gasteiger partial charge in [-0.15, -0.1) is 0 Å². The van der Waals surface area contributed by atoms with Gasteiger partial charge in [0, 0.05) is 26.2 Å². The fourth-order valence-electron chi connectivity index (χ4n) is 3.27. The van der Waals surface area contributed by atoms with Crippen molar-refractivity contribution in [3.63, 3.8) is 0 Å². The van der Waals surface area contributed by atoms with E-state index >= 15 is 0 Å². The average Bonchev–Trinajstić information content (AvgIpc) is 3.17. The summed E-state index contributed by atoms with van der Waals surface area (Å²) in [6, 6.07) is 0. The van der Waals surface area contributed by atoms with Gasteiger partial charge >= 0.3 is 0 Å². The van der Waals surface area contributed by atoms with Gasteiger partial charge in [0.15, 0.2) is 11.6 Å². The quantitative estimate of drug-likeness (QED) is 0.915. The number of nitrogens with zero attached hydrogens (tertiary/aromatic N) is 5. The fourth-order valence-corrected chi connectivity index (χ4v) is 3.27. The Balaban J connectivity index is 1.60. The Morgan fingerprint density at radius 2 is 1.78 bits per heavy atom. The number of hydrogen-bond donors (Lipinski definition) is 1. The standard InChI is InChI=1S/C15H22N6O2/c1-2-4-8-21(7-3-1)15-14(16-10-11-6-5-9-22-11)17-12-13(18-15)20-23-19-12/h11H,1-10H2,(H,16,17,19). The monoisotopic (exact) mass is 318 g/mol. The third-order valence-corrected chi connectivity index (χ3v) is 4.52. The van der Waals surface area contributed by atoms with E-state index in [2.05, 4.69) is 30.5 Å². The van der Waals surface area contributed by atoms with Crippen molar-refractivity contribution in [1.82, 2.24) is 20.3 Å². The van der Waals surface area contributed by atoms with Gasteiger partial charge in [-0.2, -0.15) is 0 Å². The summed E-state index contributed by atoms with van der Waals surface area (Å²) in [5, 5.41) is 11.1. The van der Waals surface area contributed by atoms with Gasteiger partial charge in [0.2, 0.25) is 11.3 Å². The number of rotatable bonds is 4. The van der Waals surface area contributed by atoms with Crippen molar-refractivity contribution >= 4 is 22.9 Å². The lowest BCUT2D eigenvalue weighted by Crippen LogP contribution is -2.28. The first-order chi connectivity index (χ1) is 11.4. The molecule has 2 aliphatic heterocycles. The summed E-state index contributed by atoms with van der Waals surface area (Å²) in [6.45, 7) is 3.59. The zero-order chi connectivity index (χ0) is 15.5. The number of aromatic nitrogens is 4. The smallest absolute Gasteiger partial charge is 0.245 e. The first kappa shape index (κ1) is 14.6. The molecule has 0 amide bonds. The van der Waals surface area contributed by atoms with E-state index in [1.165, 1.54) is 25.7 Å². The summed E-state index contributed by atoms with van der Waals surface area (Å²) in [6.07, 6.45) is 7.38. The summed E-state index contributed by atoms with van der Waals surface area (Å²) in [5.41, 5.74) is 0.908. The summed E-state index contributed by atoms with van der Waals surface area (Å²) < 4.78 is 10.5. The number of nitrogens with one attached hydrogen (secondary N) is 1. The highest BCUT2D eigenvalue weighted by molar-refractivity contribution is 5.74. The van der Waals surface area contributed by atoms with E-state index in [0.29, 0.717) is 11.3 Å². The van der Waals surface area contributed by atoms with E-state index in [1.54, 1.807) is 0 Å². The van der Waals surface area contributed by atoms with Crippen LogP contribution in [0.1, 0.15) is 38.5 Å². The highest BCUT2D eigenvalue weighted by Gasteiger charge is 2.21. The number of hydrogen-bond acceptors (Lipinski definition) is 8. The van der Waals surface area contributed by atoms with Crippen LogP contribution < -0.4 is 10.2 Å². The summed E-state index contributed by atoms with van der Waals surface area (Å²) in [5.74, 6) is 1.61. The molecule has 2 aromatic heterocycles. The van der Waals surface area contributed by atoms with Crippen molar-refractivity contribution < 1.29 is 9.37 Å². The van der Waals surface area contributed by atoms with E-state index < -0.39 is 0 Å². The molecule has 0 bridgehead atoms. The molecule has 0 radical (unpaired) electrons. The number of ether oxygens (including phenoxy) is 1. The molecule has 1 unspecified atom stereocenters. The Bertz CT molecular complexity index is 646. The summed E-state index contributed by atoms with van der Waals surface area (Å²) in [4.78, 5) is 11.5. The van der Waals surface area contributed by atoms with Gasteiger partial charge < -0.3 is 15.0 Å². The predicted octanol–water partition coefficient (Wildman–Crippen LogP) is 1.98. The van der Waals surface area contributed by atoms with Gasteiger partial charge in [-0.3, -0.25) is 0 Å². The zero-order valence-corrected chi connectivity index (χ0v) is 13.2. The van der Waals surface area contributed by atoms with E-state index in [9.17, 15) is 0 Å². The molecule has 4 heterocycles. The second-order valence-corrected chi connectivity index (χ2v) is 6.22. The van der Waals surface area contributed by atoms with Crippen LogP contribution >= 0.6 is 0 Å². The van der Waals surface area contributed by atoms with Crippen molar-refractivity contribution in [3.05, 3.63) is 0 Å². The molecular formula is C15H22N6O2. The SMILES string of the molecule is C1CCCN(c2nc3nonc3nc2NCC2CCCO2)CC1. The van der Waals surface area contributed by atoms with Crippen LogP contribution in [0.25, 0.3) is 11.3 Å². The minimum Gasteiger partial charge on any atom is -0.376 e. The van der Waals surface area contributed by atoms with Crippen molar-refractivity contribution in [1.29, 1.82) is 0 Å². The molecule has 1 N–H and O–H groups in total. The molecule has 2 aromatic rings. The molecular weight excluding hydrogens is 296 g/mol. The van der Waals surface area contributed by atoms with Crippen LogP contribution in [0.4, 0.5) is 11.6 Å². The minimum absolute atomic E-state index is 0.250. The van der Waals surface area contributed by atoms with Crippen molar-refractivity contribution in [2.24, 2.45) is 0 Å². The molecule has 0 aliphatic carbocycles. The van der Waals surface area contributed by atoms with Crippen LogP contribution in [0, 0.1) is 0 Å². The third-order valence-electron chi connectivity index (χ3n) is 4.52. The molecule has 2 saturated heterocycles. The van der Waals surface area contributed by atoms with E-state index in [1.807, 2.05) is 0 Å². The maximum Gasteiger partial charge on any atom is 0.245 e. The number of fused-ring (bicyclic) bond motifs is 1. The largest absolute Gasteiger partial charge is 0.376 e. The summed E-state index contributed by atoms with van der Waals surface area (Å²) >= 11 is 0. The lowest BCUT2D eigenvalue weighted by atomic mass is 10.2. The zero-order valence-electron chi connectivity index (χ0n) is 13.2. The first-order valence-electron chi connectivity index (χ1n) is 8.51. The van der Waals surface area contributed by atoms with Gasteiger partial charge in [-0.05, 0) is 36.0 Å². The molecule has 4 rings (SSSR count). The predicted molar refractivity (Wildman–Crippen MR) is 85.5 cm³/mol. The van der Waals surface area contributed by atoms with Crippen LogP contribution in [0.2, 0.25) is 0 Å². The lowest BCUT2D eigenvalue weighted by Gasteiger charge is -2.23. The van der Waals surface area contributed by atoms with Crippen molar-refractivity contribution in [3.8, 4) is 0 Å². The Hall–Kier alpha value is -1.96. The minimum atomic E-state index is 0.250. The molecule has 2 fully saturated rings. The van der Waals surface area contributed by atoms with Gasteiger partial charge in [0.05, 0.1) is 6.10 Å². The van der Waals surface area contributed by atoms with Gasteiger partial charge in [0.1, 0.15) is 0 Å². The van der Waals surface area contributed by atoms with Crippen LogP contribution in [0.15, 0.2) is 4.63 Å². The van der Waals surface area contributed by atoms with E-state index in [0.717, 1.165) is 50.7 Å². The van der Waals surface area contributed by atoms with Crippen LogP contribution in [-0.2, 0) is 4.74 Å². The van der Waals surface area contributed by atoms with Crippen molar-refractivity contribution in [2.75, 3.05) is 36.5 Å². The van der Waals surface area contributed by atoms with Gasteiger partial charge in [-0.25, -0.2) is 14.6 Å². The van der Waals surface area contributed by atoms with Gasteiger partial charge in [-0.1, -0.05) is 12.8 Å². The van der Waals surface area contributed by atoms with Crippen LogP contribution in [-0.4, -0.2) is 52.6 Å². The molecule has 2 aliphatic rings. The van der Waals surface area contributed by atoms with Crippen LogP contribution in [0.5, 0.6) is 0 Å². The molecule has 8 nitrogen and oxygen atoms in total. The highest BCUT2D eigenvalue weighted by Crippen LogP contribution is 2.26. The molecule has 1 atom stereocenters. The summed E-state index contributed by atoms with van der Waals surface area (Å²) in [7, 11) is 0. The second-order valence-electron chi connectivity index (χ2n) is 6.22. The fraction of sp³-hybridized carbons (Fsp3) is 0.733. The molecule has 23 heavy (non-hydrogen) atoms. The second kappa shape index (κ2) is 6.66.